The fraction of sp³-hybridized carbons (Fsp3) is 0.846. The summed E-state index contributed by atoms with van der Waals surface area (Å²) in [4.78, 5) is 4.33. The van der Waals surface area contributed by atoms with Crippen LogP contribution in [-0.2, 0) is 13.0 Å². The van der Waals surface area contributed by atoms with Crippen LogP contribution < -0.4 is 5.73 Å². The van der Waals surface area contributed by atoms with Gasteiger partial charge < -0.3 is 5.73 Å². The van der Waals surface area contributed by atoms with Crippen molar-refractivity contribution in [3.05, 3.63) is 12.2 Å². The van der Waals surface area contributed by atoms with Gasteiger partial charge in [-0.05, 0) is 17.8 Å². The lowest BCUT2D eigenvalue weighted by Crippen LogP contribution is -2.39. The second-order valence-electron chi connectivity index (χ2n) is 5.90. The zero-order valence-electron chi connectivity index (χ0n) is 11.8. The van der Waals surface area contributed by atoms with Crippen molar-refractivity contribution in [1.82, 2.24) is 14.8 Å². The summed E-state index contributed by atoms with van der Waals surface area (Å²) in [6, 6.07) is 0.127. The summed E-state index contributed by atoms with van der Waals surface area (Å²) in [5.74, 6) is 1.58. The van der Waals surface area contributed by atoms with Crippen LogP contribution in [0.1, 0.15) is 46.9 Å². The zero-order valence-corrected chi connectivity index (χ0v) is 11.8. The van der Waals surface area contributed by atoms with Crippen molar-refractivity contribution in [2.24, 2.45) is 17.1 Å². The Kier molecular flexibility index (Phi) is 4.69. The fourth-order valence-corrected chi connectivity index (χ4v) is 1.68. The highest BCUT2D eigenvalue weighted by Gasteiger charge is 2.26. The van der Waals surface area contributed by atoms with Crippen molar-refractivity contribution in [2.75, 3.05) is 0 Å². The molecule has 1 aromatic heterocycles. The lowest BCUT2D eigenvalue weighted by molar-refractivity contribution is 0.266. The Bertz CT molecular complexity index is 341. The second kappa shape index (κ2) is 5.63. The van der Waals surface area contributed by atoms with Gasteiger partial charge in [0.25, 0.3) is 0 Å². The third-order valence-electron chi connectivity index (χ3n) is 3.55. The first-order valence-electron chi connectivity index (χ1n) is 6.49. The molecule has 0 saturated heterocycles. The maximum Gasteiger partial charge on any atom is 0.138 e. The van der Waals surface area contributed by atoms with Crippen molar-refractivity contribution in [3.8, 4) is 0 Å². The molecule has 0 saturated carbocycles. The third-order valence-corrected chi connectivity index (χ3v) is 3.55. The Morgan fingerprint density at radius 2 is 2.06 bits per heavy atom. The number of rotatable bonds is 6. The Morgan fingerprint density at radius 3 is 2.59 bits per heavy atom. The summed E-state index contributed by atoms with van der Waals surface area (Å²) < 4.78 is 1.98. The lowest BCUT2D eigenvalue weighted by atomic mass is 9.81. The molecule has 1 rings (SSSR count). The van der Waals surface area contributed by atoms with Gasteiger partial charge in [-0.2, -0.15) is 5.10 Å². The monoisotopic (exact) mass is 238 g/mol. The summed E-state index contributed by atoms with van der Waals surface area (Å²) >= 11 is 0. The molecular formula is C13H26N4. The molecule has 1 aromatic rings. The van der Waals surface area contributed by atoms with Crippen LogP contribution in [0.5, 0.6) is 0 Å². The number of nitrogens with zero attached hydrogens (tertiary/aromatic N) is 3. The molecule has 0 aliphatic carbocycles. The molecule has 0 amide bonds. The summed E-state index contributed by atoms with van der Waals surface area (Å²) in [7, 11) is 0. The van der Waals surface area contributed by atoms with Gasteiger partial charge in [0, 0.05) is 19.0 Å². The highest BCUT2D eigenvalue weighted by atomic mass is 15.3. The van der Waals surface area contributed by atoms with Crippen LogP contribution in [0.15, 0.2) is 6.33 Å². The van der Waals surface area contributed by atoms with Crippen LogP contribution in [0.2, 0.25) is 0 Å². The molecule has 2 N–H and O–H groups in total. The van der Waals surface area contributed by atoms with Gasteiger partial charge in [0.2, 0.25) is 0 Å². The minimum absolute atomic E-state index is 0.127. The third kappa shape index (κ3) is 3.80. The van der Waals surface area contributed by atoms with Crippen LogP contribution in [0, 0.1) is 11.3 Å². The van der Waals surface area contributed by atoms with E-state index in [-0.39, 0.29) is 11.5 Å². The van der Waals surface area contributed by atoms with Crippen LogP contribution in [0.3, 0.4) is 0 Å². The molecule has 0 fully saturated rings. The van der Waals surface area contributed by atoms with E-state index in [1.165, 1.54) is 0 Å². The molecule has 0 spiro atoms. The number of hydrogen-bond donors (Lipinski definition) is 1. The molecule has 0 aliphatic rings. The highest BCUT2D eigenvalue weighted by molar-refractivity contribution is 4.93. The second-order valence-corrected chi connectivity index (χ2v) is 5.90. The van der Waals surface area contributed by atoms with Crippen molar-refractivity contribution >= 4 is 0 Å². The van der Waals surface area contributed by atoms with Crippen LogP contribution in [0.4, 0.5) is 0 Å². The lowest BCUT2D eigenvalue weighted by Gasteiger charge is -2.30. The predicted molar refractivity (Wildman–Crippen MR) is 70.6 cm³/mol. The molecule has 17 heavy (non-hydrogen) atoms. The minimum atomic E-state index is 0.127. The first kappa shape index (κ1) is 14.2. The van der Waals surface area contributed by atoms with Gasteiger partial charge in [-0.25, -0.2) is 9.67 Å². The van der Waals surface area contributed by atoms with Crippen molar-refractivity contribution in [2.45, 2.75) is 60.0 Å². The average molecular weight is 238 g/mol. The summed E-state index contributed by atoms with van der Waals surface area (Å²) in [6.07, 6.45) is 3.50. The SMILES string of the molecule is CCC(C)(C)C(N)Cc1ncnn1CC(C)C. The largest absolute Gasteiger partial charge is 0.327 e. The quantitative estimate of drug-likeness (QED) is 0.827. The Labute approximate surface area is 105 Å². The van der Waals surface area contributed by atoms with Crippen molar-refractivity contribution in [3.63, 3.8) is 0 Å². The van der Waals surface area contributed by atoms with E-state index in [4.69, 9.17) is 5.73 Å². The van der Waals surface area contributed by atoms with Crippen molar-refractivity contribution in [1.29, 1.82) is 0 Å². The van der Waals surface area contributed by atoms with E-state index in [1.807, 2.05) is 4.68 Å². The molecule has 0 aromatic carbocycles. The summed E-state index contributed by atoms with van der Waals surface area (Å²) in [6.45, 7) is 11.9. The standard InChI is InChI=1S/C13H26N4/c1-6-13(4,5)11(14)7-12-15-9-16-17(12)8-10(2)3/h9-11H,6-8,14H2,1-5H3. The van der Waals surface area contributed by atoms with E-state index in [9.17, 15) is 0 Å². The Balaban J connectivity index is 2.72. The van der Waals surface area contributed by atoms with E-state index >= 15 is 0 Å². The molecule has 1 atom stereocenters. The Hall–Kier alpha value is -0.900. The van der Waals surface area contributed by atoms with Gasteiger partial charge in [0.1, 0.15) is 12.2 Å². The predicted octanol–water partition coefficient (Wildman–Crippen LogP) is 2.24. The minimum Gasteiger partial charge on any atom is -0.327 e. The first-order chi connectivity index (χ1) is 7.86. The van der Waals surface area contributed by atoms with E-state index in [0.29, 0.717) is 5.92 Å². The molecule has 0 bridgehead atoms. The number of nitrogens with two attached hydrogens (primary N) is 1. The molecule has 0 aliphatic heterocycles. The normalized spacial score (nSPS) is 14.3. The van der Waals surface area contributed by atoms with E-state index < -0.39 is 0 Å². The van der Waals surface area contributed by atoms with Gasteiger partial charge in [-0.1, -0.05) is 34.6 Å². The average Bonchev–Trinajstić information content (AvgIpc) is 2.64. The van der Waals surface area contributed by atoms with Gasteiger partial charge in [0.15, 0.2) is 0 Å². The van der Waals surface area contributed by atoms with E-state index in [1.54, 1.807) is 6.33 Å². The van der Waals surface area contributed by atoms with Crippen LogP contribution in [-0.4, -0.2) is 20.8 Å². The van der Waals surface area contributed by atoms with Gasteiger partial charge in [0.05, 0.1) is 0 Å². The molecule has 1 unspecified atom stereocenters. The zero-order chi connectivity index (χ0) is 13.1. The van der Waals surface area contributed by atoms with Gasteiger partial charge in [-0.3, -0.25) is 0 Å². The number of hydrogen-bond acceptors (Lipinski definition) is 3. The topological polar surface area (TPSA) is 56.7 Å². The molecule has 98 valence electrons. The molecule has 0 radical (unpaired) electrons. The molecular weight excluding hydrogens is 212 g/mol. The summed E-state index contributed by atoms with van der Waals surface area (Å²) in [5, 5.41) is 4.27. The maximum atomic E-state index is 6.27. The molecule has 4 heteroatoms. The smallest absolute Gasteiger partial charge is 0.138 e. The molecule has 1 heterocycles. The van der Waals surface area contributed by atoms with Gasteiger partial charge >= 0.3 is 0 Å². The molecule has 4 nitrogen and oxygen atoms in total. The van der Waals surface area contributed by atoms with Crippen LogP contribution in [0.25, 0.3) is 0 Å². The highest BCUT2D eigenvalue weighted by Crippen LogP contribution is 2.25. The first-order valence-corrected chi connectivity index (χ1v) is 6.49. The van der Waals surface area contributed by atoms with Crippen molar-refractivity contribution < 1.29 is 0 Å². The van der Waals surface area contributed by atoms with E-state index in [2.05, 4.69) is 44.7 Å². The maximum absolute atomic E-state index is 6.27. The fourth-order valence-electron chi connectivity index (χ4n) is 1.68. The Morgan fingerprint density at radius 1 is 1.41 bits per heavy atom. The van der Waals surface area contributed by atoms with E-state index in [0.717, 1.165) is 25.2 Å². The number of aromatic nitrogens is 3. The van der Waals surface area contributed by atoms with Crippen LogP contribution >= 0.6 is 0 Å². The summed E-state index contributed by atoms with van der Waals surface area (Å²) in [5.41, 5.74) is 6.42. The van der Waals surface area contributed by atoms with Gasteiger partial charge in [-0.15, -0.1) is 0 Å².